The van der Waals surface area contributed by atoms with E-state index in [0.29, 0.717) is 0 Å². The number of carbonyl (C=O) groups is 1. The molecule has 1 saturated heterocycles. The summed E-state index contributed by atoms with van der Waals surface area (Å²) in [6.07, 6.45) is 2.14. The van der Waals surface area contributed by atoms with Gasteiger partial charge in [-0.15, -0.1) is 0 Å². The molecule has 1 amide bonds. The highest BCUT2D eigenvalue weighted by Crippen LogP contribution is 2.22. The van der Waals surface area contributed by atoms with Gasteiger partial charge < -0.3 is 10.1 Å². The molecule has 0 aromatic heterocycles. The van der Waals surface area contributed by atoms with Crippen molar-refractivity contribution in [1.82, 2.24) is 4.90 Å². The van der Waals surface area contributed by atoms with E-state index in [2.05, 4.69) is 50.4 Å². The molecule has 144 valence electrons. The first-order valence-electron chi connectivity index (χ1n) is 9.54. The minimum atomic E-state index is 0.0285. The van der Waals surface area contributed by atoms with Crippen LogP contribution >= 0.6 is 15.9 Å². The molecule has 1 fully saturated rings. The fraction of sp³-hybridized carbons (Fsp3) is 0.409. The molecule has 1 atom stereocenters. The van der Waals surface area contributed by atoms with E-state index in [1.807, 2.05) is 38.1 Å². The first-order chi connectivity index (χ1) is 13.0. The molecule has 1 aliphatic heterocycles. The zero-order chi connectivity index (χ0) is 19.2. The van der Waals surface area contributed by atoms with Crippen molar-refractivity contribution < 1.29 is 9.53 Å². The van der Waals surface area contributed by atoms with E-state index in [-0.39, 0.29) is 17.9 Å². The molecular formula is C22H27BrN2O2. The minimum Gasteiger partial charge on any atom is -0.491 e. The third-order valence-corrected chi connectivity index (χ3v) is 5.22. The summed E-state index contributed by atoms with van der Waals surface area (Å²) in [5, 5.41) is 3.06. The lowest BCUT2D eigenvalue weighted by atomic mass is 9.96. The van der Waals surface area contributed by atoms with Crippen LogP contribution < -0.4 is 10.1 Å². The molecule has 1 heterocycles. The second-order valence-electron chi connectivity index (χ2n) is 7.38. The summed E-state index contributed by atoms with van der Waals surface area (Å²) in [7, 11) is 0. The molecule has 0 bridgehead atoms. The molecule has 1 unspecified atom stereocenters. The van der Waals surface area contributed by atoms with Crippen LogP contribution in [0.2, 0.25) is 0 Å². The van der Waals surface area contributed by atoms with Crippen LogP contribution in [0.5, 0.6) is 5.75 Å². The number of nitrogens with one attached hydrogen (secondary N) is 1. The maximum Gasteiger partial charge on any atom is 0.228 e. The number of hydrogen-bond donors (Lipinski definition) is 1. The summed E-state index contributed by atoms with van der Waals surface area (Å²) in [6, 6.07) is 16.0. The Morgan fingerprint density at radius 1 is 1.19 bits per heavy atom. The lowest BCUT2D eigenvalue weighted by Gasteiger charge is -2.32. The Balaban J connectivity index is 1.54. The van der Waals surface area contributed by atoms with E-state index in [1.165, 1.54) is 5.56 Å². The number of ether oxygens (including phenoxy) is 1. The lowest BCUT2D eigenvalue weighted by molar-refractivity contribution is -0.121. The zero-order valence-electron chi connectivity index (χ0n) is 16.0. The van der Waals surface area contributed by atoms with Gasteiger partial charge in [0.15, 0.2) is 0 Å². The molecule has 3 rings (SSSR count). The van der Waals surface area contributed by atoms with Crippen molar-refractivity contribution in [3.05, 3.63) is 58.6 Å². The zero-order valence-corrected chi connectivity index (χ0v) is 17.5. The third kappa shape index (κ3) is 6.08. The van der Waals surface area contributed by atoms with Gasteiger partial charge in [-0.3, -0.25) is 9.69 Å². The number of rotatable bonds is 6. The average Bonchev–Trinajstić information content (AvgIpc) is 2.65. The fourth-order valence-corrected chi connectivity index (χ4v) is 3.66. The predicted octanol–water partition coefficient (Wildman–Crippen LogP) is 5.09. The average molecular weight is 431 g/mol. The second-order valence-corrected chi connectivity index (χ2v) is 8.30. The Morgan fingerprint density at radius 3 is 2.56 bits per heavy atom. The van der Waals surface area contributed by atoms with E-state index < -0.39 is 0 Å². The third-order valence-electron chi connectivity index (χ3n) is 4.69. The van der Waals surface area contributed by atoms with Gasteiger partial charge in [0.25, 0.3) is 0 Å². The van der Waals surface area contributed by atoms with Crippen LogP contribution in [0.1, 0.15) is 32.3 Å². The van der Waals surface area contributed by atoms with E-state index in [0.717, 1.165) is 48.4 Å². The van der Waals surface area contributed by atoms with Gasteiger partial charge in [0.05, 0.1) is 12.0 Å². The Labute approximate surface area is 170 Å². The van der Waals surface area contributed by atoms with Crippen molar-refractivity contribution in [2.45, 2.75) is 39.3 Å². The molecule has 2 aromatic rings. The standard InChI is InChI=1S/C22H27BrN2O2/c1-16(2)27-21-11-9-20(10-12-21)24-22(26)18-4-3-13-25(15-18)14-17-5-7-19(23)8-6-17/h5-12,16,18H,3-4,13-15H2,1-2H3,(H,24,26). The summed E-state index contributed by atoms with van der Waals surface area (Å²) in [5.74, 6) is 0.954. The smallest absolute Gasteiger partial charge is 0.228 e. The minimum absolute atomic E-state index is 0.0285. The van der Waals surface area contributed by atoms with E-state index in [9.17, 15) is 4.79 Å². The van der Waals surface area contributed by atoms with Gasteiger partial charge >= 0.3 is 0 Å². The number of carbonyl (C=O) groups excluding carboxylic acids is 1. The lowest BCUT2D eigenvalue weighted by Crippen LogP contribution is -2.40. The Morgan fingerprint density at radius 2 is 1.89 bits per heavy atom. The van der Waals surface area contributed by atoms with Gasteiger partial charge in [-0.25, -0.2) is 0 Å². The summed E-state index contributed by atoms with van der Waals surface area (Å²) in [4.78, 5) is 15.1. The molecule has 5 heteroatoms. The van der Waals surface area contributed by atoms with Crippen molar-refractivity contribution >= 4 is 27.5 Å². The van der Waals surface area contributed by atoms with Gasteiger partial charge in [-0.1, -0.05) is 28.1 Å². The van der Waals surface area contributed by atoms with Crippen LogP contribution in [0.15, 0.2) is 53.0 Å². The van der Waals surface area contributed by atoms with Crippen molar-refractivity contribution in [3.8, 4) is 5.75 Å². The topological polar surface area (TPSA) is 41.6 Å². The molecule has 4 nitrogen and oxygen atoms in total. The van der Waals surface area contributed by atoms with Crippen LogP contribution in [-0.4, -0.2) is 30.0 Å². The van der Waals surface area contributed by atoms with E-state index in [1.54, 1.807) is 0 Å². The largest absolute Gasteiger partial charge is 0.491 e. The molecule has 0 aliphatic carbocycles. The van der Waals surface area contributed by atoms with Crippen molar-refractivity contribution in [2.75, 3.05) is 18.4 Å². The van der Waals surface area contributed by atoms with Crippen molar-refractivity contribution in [3.63, 3.8) is 0 Å². The highest BCUT2D eigenvalue weighted by atomic mass is 79.9. The van der Waals surface area contributed by atoms with Crippen LogP contribution in [0.25, 0.3) is 0 Å². The fourth-order valence-electron chi connectivity index (χ4n) is 3.39. The van der Waals surface area contributed by atoms with Crippen LogP contribution in [0.4, 0.5) is 5.69 Å². The summed E-state index contributed by atoms with van der Waals surface area (Å²) >= 11 is 3.47. The molecule has 27 heavy (non-hydrogen) atoms. The Hall–Kier alpha value is -1.85. The molecular weight excluding hydrogens is 404 g/mol. The molecule has 0 saturated carbocycles. The van der Waals surface area contributed by atoms with Gasteiger partial charge in [-0.05, 0) is 75.2 Å². The van der Waals surface area contributed by atoms with Gasteiger partial charge in [0.2, 0.25) is 5.91 Å². The Bertz CT molecular complexity index is 744. The van der Waals surface area contributed by atoms with Crippen LogP contribution in [0.3, 0.4) is 0 Å². The Kier molecular flexibility index (Phi) is 6.91. The number of amides is 1. The molecule has 0 spiro atoms. The normalized spacial score (nSPS) is 17.7. The highest BCUT2D eigenvalue weighted by Gasteiger charge is 2.25. The number of hydrogen-bond acceptors (Lipinski definition) is 3. The second kappa shape index (κ2) is 9.38. The maximum atomic E-state index is 12.7. The summed E-state index contributed by atoms with van der Waals surface area (Å²) < 4.78 is 6.74. The van der Waals surface area contributed by atoms with Crippen LogP contribution in [0, 0.1) is 5.92 Å². The van der Waals surface area contributed by atoms with E-state index in [4.69, 9.17) is 4.74 Å². The first-order valence-corrected chi connectivity index (χ1v) is 10.3. The summed E-state index contributed by atoms with van der Waals surface area (Å²) in [5.41, 5.74) is 2.10. The number of nitrogens with zero attached hydrogens (tertiary/aromatic N) is 1. The van der Waals surface area contributed by atoms with E-state index >= 15 is 0 Å². The number of anilines is 1. The predicted molar refractivity (Wildman–Crippen MR) is 113 cm³/mol. The van der Waals surface area contributed by atoms with Gasteiger partial charge in [-0.2, -0.15) is 0 Å². The van der Waals surface area contributed by atoms with Crippen molar-refractivity contribution in [1.29, 1.82) is 0 Å². The molecule has 0 radical (unpaired) electrons. The maximum absolute atomic E-state index is 12.7. The number of benzene rings is 2. The SMILES string of the molecule is CC(C)Oc1ccc(NC(=O)C2CCCN(Cc3ccc(Br)cc3)C2)cc1. The number of likely N-dealkylation sites (tertiary alicyclic amines) is 1. The van der Waals surface area contributed by atoms with Crippen LogP contribution in [-0.2, 0) is 11.3 Å². The molecule has 1 N–H and O–H groups in total. The van der Waals surface area contributed by atoms with Gasteiger partial charge in [0.1, 0.15) is 5.75 Å². The monoisotopic (exact) mass is 430 g/mol. The quantitative estimate of drug-likeness (QED) is 0.693. The highest BCUT2D eigenvalue weighted by molar-refractivity contribution is 9.10. The van der Waals surface area contributed by atoms with Gasteiger partial charge in [0, 0.05) is 23.2 Å². The molecule has 2 aromatic carbocycles. The summed E-state index contributed by atoms with van der Waals surface area (Å²) in [6.45, 7) is 6.73. The number of piperidine rings is 1. The number of halogens is 1. The molecule has 1 aliphatic rings. The first kappa shape index (κ1) is 19.9. The van der Waals surface area contributed by atoms with Crippen molar-refractivity contribution in [2.24, 2.45) is 5.92 Å².